The Morgan fingerprint density at radius 1 is 1.21 bits per heavy atom. The Labute approximate surface area is 143 Å². The normalized spacial score (nSPS) is 23.2. The first-order valence-corrected chi connectivity index (χ1v) is 8.79. The van der Waals surface area contributed by atoms with Crippen LogP contribution in [0, 0.1) is 0 Å². The van der Waals surface area contributed by atoms with E-state index in [0.29, 0.717) is 5.92 Å². The highest BCUT2D eigenvalue weighted by Gasteiger charge is 2.51. The highest BCUT2D eigenvalue weighted by Crippen LogP contribution is 2.33. The summed E-state index contributed by atoms with van der Waals surface area (Å²) in [7, 11) is 0. The van der Waals surface area contributed by atoms with E-state index in [9.17, 15) is 14.7 Å². The number of nitrogens with one attached hydrogen (secondary N) is 1. The maximum Gasteiger partial charge on any atom is 0.408 e. The van der Waals surface area contributed by atoms with Crippen LogP contribution in [-0.4, -0.2) is 33.6 Å². The predicted octanol–water partition coefficient (Wildman–Crippen LogP) is 3.49. The number of amides is 2. The molecule has 0 spiro atoms. The van der Waals surface area contributed by atoms with Gasteiger partial charge in [-0.1, -0.05) is 43.5 Å². The Morgan fingerprint density at radius 3 is 2.33 bits per heavy atom. The van der Waals surface area contributed by atoms with Crippen LogP contribution >= 0.6 is 0 Å². The molecule has 0 radical (unpaired) electrons. The van der Waals surface area contributed by atoms with E-state index in [4.69, 9.17) is 0 Å². The van der Waals surface area contributed by atoms with Gasteiger partial charge in [-0.25, -0.2) is 4.79 Å². The van der Waals surface area contributed by atoms with E-state index in [2.05, 4.69) is 17.4 Å². The van der Waals surface area contributed by atoms with Crippen LogP contribution in [0.3, 0.4) is 0 Å². The van der Waals surface area contributed by atoms with Crippen LogP contribution in [0.4, 0.5) is 4.79 Å². The molecule has 1 atom stereocenters. The SMILES string of the molecule is CC1(C)NC(=O)[C@H]1N(Cc1ccc(C2CCCCC2)cc1)C(=O)O. The molecule has 1 aromatic rings. The predicted molar refractivity (Wildman–Crippen MR) is 91.8 cm³/mol. The van der Waals surface area contributed by atoms with Gasteiger partial charge in [0.25, 0.3) is 0 Å². The fourth-order valence-electron chi connectivity index (χ4n) is 4.03. The van der Waals surface area contributed by atoms with Crippen molar-refractivity contribution in [2.45, 2.75) is 70.0 Å². The molecule has 1 aromatic carbocycles. The lowest BCUT2D eigenvalue weighted by atomic mass is 9.83. The summed E-state index contributed by atoms with van der Waals surface area (Å²) in [6.45, 7) is 3.93. The number of benzene rings is 1. The number of nitrogens with zero attached hydrogens (tertiary/aromatic N) is 1. The molecule has 2 N–H and O–H groups in total. The number of hydrogen-bond acceptors (Lipinski definition) is 2. The lowest BCUT2D eigenvalue weighted by molar-refractivity contribution is -0.141. The van der Waals surface area contributed by atoms with Gasteiger partial charge in [0.05, 0.1) is 5.54 Å². The smallest absolute Gasteiger partial charge is 0.408 e. The molecule has 0 unspecified atom stereocenters. The molecule has 2 aliphatic rings. The average Bonchev–Trinajstić information content (AvgIpc) is 2.55. The van der Waals surface area contributed by atoms with Crippen molar-refractivity contribution in [1.82, 2.24) is 10.2 Å². The second-order valence-corrected chi connectivity index (χ2v) is 7.60. The molecule has 0 aromatic heterocycles. The van der Waals surface area contributed by atoms with Crippen molar-refractivity contribution in [2.75, 3.05) is 0 Å². The summed E-state index contributed by atoms with van der Waals surface area (Å²) in [5.41, 5.74) is 1.76. The van der Waals surface area contributed by atoms with Crippen molar-refractivity contribution in [1.29, 1.82) is 0 Å². The van der Waals surface area contributed by atoms with E-state index in [1.807, 2.05) is 26.0 Å². The van der Waals surface area contributed by atoms with Crippen molar-refractivity contribution in [2.24, 2.45) is 0 Å². The maximum absolute atomic E-state index is 11.8. The first-order valence-electron chi connectivity index (χ1n) is 8.79. The molecule has 1 aliphatic carbocycles. The van der Waals surface area contributed by atoms with Gasteiger partial charge >= 0.3 is 6.09 Å². The molecule has 2 amide bonds. The van der Waals surface area contributed by atoms with Gasteiger partial charge in [0, 0.05) is 6.54 Å². The van der Waals surface area contributed by atoms with Gasteiger partial charge in [-0.15, -0.1) is 0 Å². The monoisotopic (exact) mass is 330 g/mol. The molecule has 2 fully saturated rings. The van der Waals surface area contributed by atoms with E-state index in [1.165, 1.54) is 42.6 Å². The van der Waals surface area contributed by atoms with Gasteiger partial charge in [0.2, 0.25) is 5.91 Å². The highest BCUT2D eigenvalue weighted by atomic mass is 16.4. The van der Waals surface area contributed by atoms with Gasteiger partial charge in [-0.05, 0) is 43.7 Å². The summed E-state index contributed by atoms with van der Waals surface area (Å²) in [6, 6.07) is 7.62. The number of rotatable bonds is 4. The van der Waals surface area contributed by atoms with Gasteiger partial charge in [0.1, 0.15) is 6.04 Å². The van der Waals surface area contributed by atoms with Gasteiger partial charge in [-0.3, -0.25) is 9.69 Å². The lowest BCUT2D eigenvalue weighted by Gasteiger charge is -2.48. The maximum atomic E-state index is 11.8. The van der Waals surface area contributed by atoms with Gasteiger partial charge in [0.15, 0.2) is 0 Å². The molecule has 3 rings (SSSR count). The largest absolute Gasteiger partial charge is 0.465 e. The summed E-state index contributed by atoms with van der Waals surface area (Å²) in [6.07, 6.45) is 5.37. The van der Waals surface area contributed by atoms with Crippen molar-refractivity contribution in [3.63, 3.8) is 0 Å². The fourth-order valence-corrected chi connectivity index (χ4v) is 4.03. The molecule has 1 saturated carbocycles. The third-order valence-electron chi connectivity index (χ3n) is 5.34. The van der Waals surface area contributed by atoms with Crippen LogP contribution in [-0.2, 0) is 11.3 Å². The third kappa shape index (κ3) is 3.25. The van der Waals surface area contributed by atoms with E-state index in [-0.39, 0.29) is 12.5 Å². The van der Waals surface area contributed by atoms with Crippen molar-refractivity contribution in [3.05, 3.63) is 35.4 Å². The fraction of sp³-hybridized carbons (Fsp3) is 0.579. The minimum Gasteiger partial charge on any atom is -0.465 e. The number of carboxylic acid groups (broad SMARTS) is 1. The number of carbonyl (C=O) groups excluding carboxylic acids is 1. The molecular formula is C19H26N2O3. The summed E-state index contributed by atoms with van der Waals surface area (Å²) in [4.78, 5) is 24.7. The molecular weight excluding hydrogens is 304 g/mol. The molecule has 5 heteroatoms. The second-order valence-electron chi connectivity index (χ2n) is 7.60. The Kier molecular flexibility index (Phi) is 4.52. The van der Waals surface area contributed by atoms with E-state index in [1.54, 1.807) is 0 Å². The van der Waals surface area contributed by atoms with E-state index >= 15 is 0 Å². The van der Waals surface area contributed by atoms with Crippen LogP contribution in [0.1, 0.15) is 63.0 Å². The average molecular weight is 330 g/mol. The topological polar surface area (TPSA) is 69.6 Å². The molecule has 0 bridgehead atoms. The first kappa shape index (κ1) is 16.8. The minimum atomic E-state index is -1.06. The summed E-state index contributed by atoms with van der Waals surface area (Å²) in [5.74, 6) is 0.418. The zero-order valence-electron chi connectivity index (χ0n) is 14.4. The molecule has 1 aliphatic heterocycles. The van der Waals surface area contributed by atoms with Crippen LogP contribution < -0.4 is 5.32 Å². The van der Waals surface area contributed by atoms with Gasteiger partial charge < -0.3 is 10.4 Å². The van der Waals surface area contributed by atoms with Crippen LogP contribution in [0.5, 0.6) is 0 Å². The van der Waals surface area contributed by atoms with E-state index < -0.39 is 17.7 Å². The Balaban J connectivity index is 1.71. The Morgan fingerprint density at radius 2 is 1.83 bits per heavy atom. The molecule has 130 valence electrons. The number of β-lactam (4-membered cyclic amide) rings is 1. The highest BCUT2D eigenvalue weighted by molar-refractivity contribution is 5.93. The van der Waals surface area contributed by atoms with Crippen molar-refractivity contribution in [3.8, 4) is 0 Å². The van der Waals surface area contributed by atoms with Crippen LogP contribution in [0.25, 0.3) is 0 Å². The zero-order valence-corrected chi connectivity index (χ0v) is 14.4. The molecule has 1 heterocycles. The lowest BCUT2D eigenvalue weighted by Crippen LogP contribution is -2.75. The third-order valence-corrected chi connectivity index (χ3v) is 5.34. The molecule has 1 saturated heterocycles. The number of carbonyl (C=O) groups is 2. The minimum absolute atomic E-state index is 0.221. The summed E-state index contributed by atoms with van der Waals surface area (Å²) >= 11 is 0. The molecule has 5 nitrogen and oxygen atoms in total. The second kappa shape index (κ2) is 6.46. The zero-order chi connectivity index (χ0) is 17.3. The summed E-state index contributed by atoms with van der Waals surface area (Å²) in [5, 5.41) is 12.3. The Hall–Kier alpha value is -2.04. The Bertz CT molecular complexity index is 618. The van der Waals surface area contributed by atoms with Crippen LogP contribution in [0.2, 0.25) is 0 Å². The van der Waals surface area contributed by atoms with Crippen molar-refractivity contribution < 1.29 is 14.7 Å². The first-order chi connectivity index (χ1) is 11.4. The van der Waals surface area contributed by atoms with Crippen molar-refractivity contribution >= 4 is 12.0 Å². The molecule has 24 heavy (non-hydrogen) atoms. The number of hydrogen-bond donors (Lipinski definition) is 2. The quantitative estimate of drug-likeness (QED) is 0.830. The van der Waals surface area contributed by atoms with Gasteiger partial charge in [-0.2, -0.15) is 0 Å². The summed E-state index contributed by atoms with van der Waals surface area (Å²) < 4.78 is 0. The standard InChI is InChI=1S/C19H26N2O3/c1-19(2)16(17(22)20-19)21(18(23)24)12-13-8-10-15(11-9-13)14-6-4-3-5-7-14/h8-11,14,16H,3-7,12H2,1-2H3,(H,20,22)(H,23,24)/t16-/m1/s1. The van der Waals surface area contributed by atoms with Crippen LogP contribution in [0.15, 0.2) is 24.3 Å². The van der Waals surface area contributed by atoms with E-state index in [0.717, 1.165) is 5.56 Å².